The van der Waals surface area contributed by atoms with E-state index in [1.54, 1.807) is 0 Å². The van der Waals surface area contributed by atoms with Gasteiger partial charge >= 0.3 is 5.97 Å². The smallest absolute Gasteiger partial charge is 0.306 e. The lowest BCUT2D eigenvalue weighted by atomic mass is 9.88. The van der Waals surface area contributed by atoms with E-state index in [9.17, 15) is 14.0 Å². The number of ketones is 1. The summed E-state index contributed by atoms with van der Waals surface area (Å²) >= 11 is 5.57. The standard InChI is InChI=1S/C12H12ClFO3/c1-6(7(2)12(16)17)11(15)9-4-3-8(13)5-10(9)14/h3-7H,1-2H3,(H,16,17). The molecule has 0 aliphatic carbocycles. The van der Waals surface area contributed by atoms with Gasteiger partial charge in [-0.15, -0.1) is 0 Å². The number of carbonyl (C=O) groups excluding carboxylic acids is 1. The van der Waals surface area contributed by atoms with E-state index in [0.29, 0.717) is 0 Å². The number of rotatable bonds is 4. The van der Waals surface area contributed by atoms with Gasteiger partial charge in [-0.05, 0) is 18.2 Å². The van der Waals surface area contributed by atoms with E-state index in [2.05, 4.69) is 0 Å². The topological polar surface area (TPSA) is 54.4 Å². The minimum atomic E-state index is -1.08. The largest absolute Gasteiger partial charge is 0.481 e. The number of carboxylic acids is 1. The number of Topliss-reactive ketones (excluding diaryl/α,β-unsaturated/α-hetero) is 1. The Labute approximate surface area is 103 Å². The summed E-state index contributed by atoms with van der Waals surface area (Å²) in [4.78, 5) is 22.6. The van der Waals surface area contributed by atoms with Crippen LogP contribution in [0.5, 0.6) is 0 Å². The molecule has 0 bridgehead atoms. The molecule has 0 amide bonds. The zero-order valence-electron chi connectivity index (χ0n) is 9.41. The van der Waals surface area contributed by atoms with E-state index in [4.69, 9.17) is 16.7 Å². The first-order chi connectivity index (χ1) is 7.84. The molecule has 1 aromatic carbocycles. The van der Waals surface area contributed by atoms with Gasteiger partial charge in [-0.3, -0.25) is 9.59 Å². The molecule has 1 rings (SSSR count). The van der Waals surface area contributed by atoms with Crippen molar-refractivity contribution in [3.63, 3.8) is 0 Å². The third-order valence-electron chi connectivity index (χ3n) is 2.75. The fourth-order valence-corrected chi connectivity index (χ4v) is 1.53. The molecule has 92 valence electrons. The molecule has 0 saturated heterocycles. The van der Waals surface area contributed by atoms with Gasteiger partial charge in [0, 0.05) is 10.9 Å². The molecule has 0 saturated carbocycles. The number of hydrogen-bond acceptors (Lipinski definition) is 2. The Morgan fingerprint density at radius 3 is 2.35 bits per heavy atom. The van der Waals surface area contributed by atoms with Crippen molar-refractivity contribution < 1.29 is 19.1 Å². The molecular formula is C12H12ClFO3. The molecule has 0 spiro atoms. The van der Waals surface area contributed by atoms with Crippen LogP contribution in [0.3, 0.4) is 0 Å². The molecule has 0 aliphatic rings. The normalized spacial score (nSPS) is 14.1. The molecule has 5 heteroatoms. The number of benzene rings is 1. The third kappa shape index (κ3) is 3.03. The van der Waals surface area contributed by atoms with E-state index in [0.717, 1.165) is 6.07 Å². The van der Waals surface area contributed by atoms with Crippen molar-refractivity contribution in [2.24, 2.45) is 11.8 Å². The minimum absolute atomic E-state index is 0.130. The molecule has 0 aromatic heterocycles. The Morgan fingerprint density at radius 2 is 1.88 bits per heavy atom. The predicted molar refractivity (Wildman–Crippen MR) is 61.7 cm³/mol. The second kappa shape index (κ2) is 5.27. The van der Waals surface area contributed by atoms with Crippen molar-refractivity contribution in [3.8, 4) is 0 Å². The summed E-state index contributed by atoms with van der Waals surface area (Å²) in [6.07, 6.45) is 0. The highest BCUT2D eigenvalue weighted by Gasteiger charge is 2.28. The van der Waals surface area contributed by atoms with Crippen LogP contribution in [-0.2, 0) is 4.79 Å². The average Bonchev–Trinajstić information content (AvgIpc) is 2.26. The van der Waals surface area contributed by atoms with Gasteiger partial charge in [0.15, 0.2) is 5.78 Å². The monoisotopic (exact) mass is 258 g/mol. The molecule has 3 nitrogen and oxygen atoms in total. The van der Waals surface area contributed by atoms with E-state index in [1.165, 1.54) is 26.0 Å². The summed E-state index contributed by atoms with van der Waals surface area (Å²) in [6.45, 7) is 2.88. The number of halogens is 2. The van der Waals surface area contributed by atoms with Gasteiger partial charge in [0.2, 0.25) is 0 Å². The molecule has 1 aromatic rings. The second-order valence-electron chi connectivity index (χ2n) is 3.90. The van der Waals surface area contributed by atoms with Crippen molar-refractivity contribution in [2.45, 2.75) is 13.8 Å². The minimum Gasteiger partial charge on any atom is -0.481 e. The Bertz CT molecular complexity index is 459. The Kier molecular flexibility index (Phi) is 4.23. The summed E-state index contributed by atoms with van der Waals surface area (Å²) in [5.41, 5.74) is -0.130. The fraction of sp³-hybridized carbons (Fsp3) is 0.333. The van der Waals surface area contributed by atoms with Crippen LogP contribution in [0.4, 0.5) is 4.39 Å². The van der Waals surface area contributed by atoms with Gasteiger partial charge in [-0.2, -0.15) is 0 Å². The number of carboxylic acid groups (broad SMARTS) is 1. The molecule has 0 fully saturated rings. The summed E-state index contributed by atoms with van der Waals surface area (Å²) in [5, 5.41) is 8.99. The first-order valence-corrected chi connectivity index (χ1v) is 5.44. The maximum atomic E-state index is 13.5. The highest BCUT2D eigenvalue weighted by Crippen LogP contribution is 2.21. The summed E-state index contributed by atoms with van der Waals surface area (Å²) in [5.74, 6) is -4.00. The van der Waals surface area contributed by atoms with Crippen LogP contribution < -0.4 is 0 Å². The van der Waals surface area contributed by atoms with Crippen molar-refractivity contribution in [1.29, 1.82) is 0 Å². The van der Waals surface area contributed by atoms with Crippen LogP contribution in [0.1, 0.15) is 24.2 Å². The fourth-order valence-electron chi connectivity index (χ4n) is 1.38. The molecule has 0 radical (unpaired) electrons. The maximum Gasteiger partial charge on any atom is 0.306 e. The molecule has 1 N–H and O–H groups in total. The van der Waals surface area contributed by atoms with Gasteiger partial charge in [0.1, 0.15) is 5.82 Å². The molecule has 2 atom stereocenters. The van der Waals surface area contributed by atoms with Gasteiger partial charge in [-0.1, -0.05) is 25.4 Å². The van der Waals surface area contributed by atoms with Gasteiger partial charge in [0.05, 0.1) is 11.5 Å². The molecular weight excluding hydrogens is 247 g/mol. The summed E-state index contributed by atoms with van der Waals surface area (Å²) < 4.78 is 13.5. The second-order valence-corrected chi connectivity index (χ2v) is 4.34. The molecule has 0 aliphatic heterocycles. The van der Waals surface area contributed by atoms with Crippen LogP contribution in [0.15, 0.2) is 18.2 Å². The van der Waals surface area contributed by atoms with E-state index >= 15 is 0 Å². The van der Waals surface area contributed by atoms with E-state index < -0.39 is 29.4 Å². The van der Waals surface area contributed by atoms with Crippen LogP contribution in [0, 0.1) is 17.7 Å². The van der Waals surface area contributed by atoms with Crippen molar-refractivity contribution in [2.75, 3.05) is 0 Å². The van der Waals surface area contributed by atoms with Crippen LogP contribution in [-0.4, -0.2) is 16.9 Å². The number of aliphatic carboxylic acids is 1. The first-order valence-electron chi connectivity index (χ1n) is 5.06. The Hall–Kier alpha value is -1.42. The van der Waals surface area contributed by atoms with Crippen molar-refractivity contribution >= 4 is 23.4 Å². The van der Waals surface area contributed by atoms with E-state index in [-0.39, 0.29) is 10.6 Å². The lowest BCUT2D eigenvalue weighted by molar-refractivity contribution is -0.142. The highest BCUT2D eigenvalue weighted by molar-refractivity contribution is 6.30. The third-order valence-corrected chi connectivity index (χ3v) is 2.98. The summed E-state index contributed by atoms with van der Waals surface area (Å²) in [7, 11) is 0. The zero-order chi connectivity index (χ0) is 13.2. The quantitative estimate of drug-likeness (QED) is 0.845. The van der Waals surface area contributed by atoms with Gasteiger partial charge < -0.3 is 5.11 Å². The lowest BCUT2D eigenvalue weighted by Crippen LogP contribution is -2.26. The van der Waals surface area contributed by atoms with Crippen LogP contribution in [0.25, 0.3) is 0 Å². The van der Waals surface area contributed by atoms with Gasteiger partial charge in [-0.25, -0.2) is 4.39 Å². The maximum absolute atomic E-state index is 13.5. The van der Waals surface area contributed by atoms with Crippen molar-refractivity contribution in [3.05, 3.63) is 34.6 Å². The van der Waals surface area contributed by atoms with E-state index in [1.807, 2.05) is 0 Å². The SMILES string of the molecule is CC(C(=O)O)C(C)C(=O)c1ccc(Cl)cc1F. The number of carbonyl (C=O) groups is 2. The Balaban J connectivity index is 3.00. The first kappa shape index (κ1) is 13.6. The van der Waals surface area contributed by atoms with Crippen LogP contribution in [0.2, 0.25) is 5.02 Å². The Morgan fingerprint density at radius 1 is 1.29 bits per heavy atom. The average molecular weight is 259 g/mol. The molecule has 17 heavy (non-hydrogen) atoms. The molecule has 0 heterocycles. The predicted octanol–water partition coefficient (Wildman–Crippen LogP) is 3.02. The lowest BCUT2D eigenvalue weighted by Gasteiger charge is -2.15. The number of hydrogen-bond donors (Lipinski definition) is 1. The highest BCUT2D eigenvalue weighted by atomic mass is 35.5. The summed E-state index contributed by atoms with van der Waals surface area (Å²) in [6, 6.07) is 3.70. The zero-order valence-corrected chi connectivity index (χ0v) is 10.2. The van der Waals surface area contributed by atoms with Crippen molar-refractivity contribution in [1.82, 2.24) is 0 Å². The van der Waals surface area contributed by atoms with Gasteiger partial charge in [0.25, 0.3) is 0 Å². The van der Waals surface area contributed by atoms with Crippen LogP contribution >= 0.6 is 11.6 Å². The molecule has 2 unspecified atom stereocenters.